The van der Waals surface area contributed by atoms with Gasteiger partial charge in [0.05, 0.1) is 11.4 Å². The maximum Gasteiger partial charge on any atom is 0.268 e. The van der Waals surface area contributed by atoms with E-state index in [0.29, 0.717) is 16.8 Å². The van der Waals surface area contributed by atoms with Crippen molar-refractivity contribution in [2.24, 2.45) is 0 Å². The van der Waals surface area contributed by atoms with Gasteiger partial charge in [-0.25, -0.2) is 4.39 Å². The Bertz CT molecular complexity index is 1170. The molecule has 0 unspecified atom stereocenters. The van der Waals surface area contributed by atoms with Crippen molar-refractivity contribution in [1.82, 2.24) is 0 Å². The summed E-state index contributed by atoms with van der Waals surface area (Å²) >= 11 is 5.73. The number of amides is 2. The molecule has 5 nitrogen and oxygen atoms in total. The van der Waals surface area contributed by atoms with E-state index in [4.69, 9.17) is 11.6 Å². The number of nitrogens with zero attached hydrogens (tertiary/aromatic N) is 1. The lowest BCUT2D eigenvalue weighted by Crippen LogP contribution is -2.44. The number of carbonyl (C=O) groups is 2. The zero-order valence-corrected chi connectivity index (χ0v) is 16.8. The fourth-order valence-corrected chi connectivity index (χ4v) is 3.82. The second-order valence-electron chi connectivity index (χ2n) is 7.16. The predicted molar refractivity (Wildman–Crippen MR) is 113 cm³/mol. The van der Waals surface area contributed by atoms with E-state index >= 15 is 0 Å². The maximum absolute atomic E-state index is 14.0. The lowest BCUT2D eigenvalue weighted by Gasteiger charge is -2.24. The predicted octanol–water partition coefficient (Wildman–Crippen LogP) is 4.01. The summed E-state index contributed by atoms with van der Waals surface area (Å²) in [6.07, 6.45) is 0. The van der Waals surface area contributed by atoms with Crippen LogP contribution in [0.1, 0.15) is 16.7 Å². The zero-order valence-electron chi connectivity index (χ0n) is 16.0. The van der Waals surface area contributed by atoms with Gasteiger partial charge in [0.1, 0.15) is 12.4 Å². The van der Waals surface area contributed by atoms with Gasteiger partial charge in [-0.1, -0.05) is 59.6 Å². The molecule has 0 saturated carbocycles. The Kier molecular flexibility index (Phi) is 5.05. The summed E-state index contributed by atoms with van der Waals surface area (Å²) in [5.74, 6) is -1.92. The third-order valence-corrected chi connectivity index (χ3v) is 5.32. The van der Waals surface area contributed by atoms with Crippen molar-refractivity contribution >= 4 is 34.8 Å². The molecule has 0 spiro atoms. The topological polar surface area (TPSA) is 69.6 Å². The van der Waals surface area contributed by atoms with E-state index in [1.54, 1.807) is 42.5 Å². The molecule has 0 aromatic heterocycles. The third kappa shape index (κ3) is 3.34. The summed E-state index contributed by atoms with van der Waals surface area (Å²) in [7, 11) is 0. The Balaban J connectivity index is 1.66. The highest BCUT2D eigenvalue weighted by Crippen LogP contribution is 2.44. The Hall–Kier alpha value is -3.22. The Morgan fingerprint density at radius 3 is 2.63 bits per heavy atom. The SMILES string of the molecule is Cc1cccc([C@@]2(O)C(=O)N(CC(=O)Nc3ccc(Cl)cc3F)c3ccccc32)c1. The van der Waals surface area contributed by atoms with Gasteiger partial charge in [0, 0.05) is 10.6 Å². The molecule has 3 aromatic carbocycles. The lowest BCUT2D eigenvalue weighted by molar-refractivity contribution is -0.133. The zero-order chi connectivity index (χ0) is 21.5. The molecule has 1 aliphatic rings. The molecule has 4 rings (SSSR count). The van der Waals surface area contributed by atoms with Gasteiger partial charge < -0.3 is 10.4 Å². The van der Waals surface area contributed by atoms with Crippen LogP contribution in [-0.4, -0.2) is 23.5 Å². The van der Waals surface area contributed by atoms with Gasteiger partial charge in [-0.15, -0.1) is 0 Å². The number of hydrogen-bond donors (Lipinski definition) is 2. The first kappa shape index (κ1) is 20.1. The minimum atomic E-state index is -1.91. The van der Waals surface area contributed by atoms with Crippen LogP contribution in [-0.2, 0) is 15.2 Å². The molecule has 2 N–H and O–H groups in total. The average molecular weight is 425 g/mol. The average Bonchev–Trinajstić information content (AvgIpc) is 2.93. The summed E-state index contributed by atoms with van der Waals surface area (Å²) in [5, 5.41) is 14.1. The fourth-order valence-electron chi connectivity index (χ4n) is 3.67. The summed E-state index contributed by atoms with van der Waals surface area (Å²) in [4.78, 5) is 27.1. The van der Waals surface area contributed by atoms with Gasteiger partial charge >= 0.3 is 0 Å². The van der Waals surface area contributed by atoms with Gasteiger partial charge in [0.15, 0.2) is 5.60 Å². The number of hydrogen-bond acceptors (Lipinski definition) is 3. The highest BCUT2D eigenvalue weighted by atomic mass is 35.5. The molecule has 30 heavy (non-hydrogen) atoms. The quantitative estimate of drug-likeness (QED) is 0.665. The molecule has 7 heteroatoms. The number of aliphatic hydroxyl groups is 1. The van der Waals surface area contributed by atoms with Crippen LogP contribution in [0.4, 0.5) is 15.8 Å². The van der Waals surface area contributed by atoms with Crippen molar-refractivity contribution in [3.63, 3.8) is 0 Å². The normalized spacial score (nSPS) is 17.7. The van der Waals surface area contributed by atoms with Crippen LogP contribution in [0.3, 0.4) is 0 Å². The number of carbonyl (C=O) groups excluding carboxylic acids is 2. The van der Waals surface area contributed by atoms with Crippen molar-refractivity contribution in [3.05, 3.63) is 94.3 Å². The largest absolute Gasteiger partial charge is 0.372 e. The second-order valence-corrected chi connectivity index (χ2v) is 7.60. The molecule has 1 aliphatic heterocycles. The molecule has 2 amide bonds. The second kappa shape index (κ2) is 7.55. The number of fused-ring (bicyclic) bond motifs is 1. The van der Waals surface area contributed by atoms with Crippen molar-refractivity contribution in [3.8, 4) is 0 Å². The molecular weight excluding hydrogens is 407 g/mol. The van der Waals surface area contributed by atoms with E-state index < -0.39 is 23.2 Å². The number of aryl methyl sites for hydroxylation is 1. The van der Waals surface area contributed by atoms with Crippen molar-refractivity contribution in [1.29, 1.82) is 0 Å². The Morgan fingerprint density at radius 1 is 1.13 bits per heavy atom. The molecule has 3 aromatic rings. The summed E-state index contributed by atoms with van der Waals surface area (Å²) < 4.78 is 14.0. The molecule has 1 heterocycles. The van der Waals surface area contributed by atoms with E-state index in [-0.39, 0.29) is 17.3 Å². The van der Waals surface area contributed by atoms with E-state index in [9.17, 15) is 19.1 Å². The Labute approximate surface area is 177 Å². The maximum atomic E-state index is 14.0. The van der Waals surface area contributed by atoms with Gasteiger partial charge in [0.25, 0.3) is 5.91 Å². The fraction of sp³-hybridized carbons (Fsp3) is 0.130. The van der Waals surface area contributed by atoms with Gasteiger partial charge in [0.2, 0.25) is 5.91 Å². The molecule has 1 atom stereocenters. The monoisotopic (exact) mass is 424 g/mol. The van der Waals surface area contributed by atoms with Gasteiger partial charge in [-0.05, 0) is 36.8 Å². The number of para-hydroxylation sites is 1. The third-order valence-electron chi connectivity index (χ3n) is 5.08. The molecule has 0 fully saturated rings. The first-order valence-corrected chi connectivity index (χ1v) is 9.64. The standard InChI is InChI=1S/C23H18ClFN2O3/c1-14-5-4-6-15(11-14)23(30)17-7-2-3-8-20(17)27(22(23)29)13-21(28)26-19-10-9-16(24)12-18(19)25/h2-12,30H,13H2,1H3,(H,26,28)/t23-/m0/s1. The minimum absolute atomic E-state index is 0.0433. The highest BCUT2D eigenvalue weighted by molar-refractivity contribution is 6.30. The van der Waals surface area contributed by atoms with Gasteiger partial charge in [-0.3, -0.25) is 14.5 Å². The van der Waals surface area contributed by atoms with Crippen LogP contribution >= 0.6 is 11.6 Å². The smallest absolute Gasteiger partial charge is 0.268 e. The summed E-state index contributed by atoms with van der Waals surface area (Å²) in [6, 6.07) is 17.7. The molecular formula is C23H18ClFN2O3. The lowest BCUT2D eigenvalue weighted by atomic mass is 9.87. The van der Waals surface area contributed by atoms with Crippen LogP contribution in [0.2, 0.25) is 5.02 Å². The van der Waals surface area contributed by atoms with E-state index in [1.165, 1.54) is 17.0 Å². The first-order chi connectivity index (χ1) is 14.3. The van der Waals surface area contributed by atoms with Crippen molar-refractivity contribution < 1.29 is 19.1 Å². The number of halogens is 2. The van der Waals surface area contributed by atoms with E-state index in [1.807, 2.05) is 13.0 Å². The van der Waals surface area contributed by atoms with Crippen LogP contribution < -0.4 is 10.2 Å². The first-order valence-electron chi connectivity index (χ1n) is 9.26. The van der Waals surface area contributed by atoms with Crippen LogP contribution in [0.5, 0.6) is 0 Å². The summed E-state index contributed by atoms with van der Waals surface area (Å²) in [6.45, 7) is 1.48. The Morgan fingerprint density at radius 2 is 1.90 bits per heavy atom. The number of rotatable bonds is 4. The molecule has 0 bridgehead atoms. The van der Waals surface area contributed by atoms with Gasteiger partial charge in [-0.2, -0.15) is 0 Å². The van der Waals surface area contributed by atoms with Crippen LogP contribution in [0.25, 0.3) is 0 Å². The van der Waals surface area contributed by atoms with Crippen LogP contribution in [0.15, 0.2) is 66.7 Å². The molecule has 0 radical (unpaired) electrons. The van der Waals surface area contributed by atoms with E-state index in [0.717, 1.165) is 11.6 Å². The number of benzene rings is 3. The number of anilines is 2. The van der Waals surface area contributed by atoms with Crippen molar-refractivity contribution in [2.45, 2.75) is 12.5 Å². The highest BCUT2D eigenvalue weighted by Gasteiger charge is 2.51. The molecule has 152 valence electrons. The molecule has 0 aliphatic carbocycles. The minimum Gasteiger partial charge on any atom is -0.372 e. The van der Waals surface area contributed by atoms with Crippen LogP contribution in [0, 0.1) is 12.7 Å². The summed E-state index contributed by atoms with van der Waals surface area (Å²) in [5.41, 5.74) is 0.184. The van der Waals surface area contributed by atoms with Crippen molar-refractivity contribution in [2.75, 3.05) is 16.8 Å². The number of nitrogens with one attached hydrogen (secondary N) is 1. The van der Waals surface area contributed by atoms with E-state index in [2.05, 4.69) is 5.32 Å². The molecule has 0 saturated heterocycles.